The van der Waals surface area contributed by atoms with Gasteiger partial charge in [0.05, 0.1) is 12.2 Å². The summed E-state index contributed by atoms with van der Waals surface area (Å²) in [4.78, 5) is 10.5. The number of unbranched alkanes of at least 4 members (excludes halogenated alkanes) is 1. The SMILES string of the molecule is O=C(O)CCC/C=C\CC1[C@H](Cl)C[C@@H](O)[C@@H]1/C=C/[C@@H](O)C1CCCCC1. The van der Waals surface area contributed by atoms with Gasteiger partial charge < -0.3 is 15.3 Å². The van der Waals surface area contributed by atoms with Gasteiger partial charge >= 0.3 is 5.97 Å². The molecule has 26 heavy (non-hydrogen) atoms. The summed E-state index contributed by atoms with van der Waals surface area (Å²) < 4.78 is 0. The highest BCUT2D eigenvalue weighted by Crippen LogP contribution is 2.39. The fourth-order valence-electron chi connectivity index (χ4n) is 4.28. The molecule has 0 bridgehead atoms. The number of aliphatic carboxylic acids is 1. The minimum Gasteiger partial charge on any atom is -0.481 e. The number of allylic oxidation sites excluding steroid dienone is 2. The Morgan fingerprint density at radius 1 is 1.19 bits per heavy atom. The normalized spacial score (nSPS) is 31.8. The Morgan fingerprint density at radius 2 is 1.92 bits per heavy atom. The maximum atomic E-state index is 10.5. The molecule has 5 atom stereocenters. The molecule has 1 unspecified atom stereocenters. The van der Waals surface area contributed by atoms with Gasteiger partial charge in [-0.15, -0.1) is 11.6 Å². The van der Waals surface area contributed by atoms with Crippen molar-refractivity contribution < 1.29 is 20.1 Å². The zero-order chi connectivity index (χ0) is 18.9. The van der Waals surface area contributed by atoms with Gasteiger partial charge in [-0.3, -0.25) is 4.79 Å². The second-order valence-electron chi connectivity index (χ2n) is 7.83. The van der Waals surface area contributed by atoms with Gasteiger partial charge in [-0.1, -0.05) is 43.6 Å². The Labute approximate surface area is 161 Å². The maximum Gasteiger partial charge on any atom is 0.303 e. The molecule has 5 heteroatoms. The van der Waals surface area contributed by atoms with E-state index in [-0.39, 0.29) is 23.6 Å². The van der Waals surface area contributed by atoms with E-state index in [9.17, 15) is 15.0 Å². The lowest BCUT2D eigenvalue weighted by molar-refractivity contribution is -0.137. The smallest absolute Gasteiger partial charge is 0.303 e. The highest BCUT2D eigenvalue weighted by Gasteiger charge is 2.39. The predicted molar refractivity (Wildman–Crippen MR) is 104 cm³/mol. The van der Waals surface area contributed by atoms with E-state index in [1.54, 1.807) is 0 Å². The first kappa shape index (κ1) is 21.5. The predicted octanol–water partition coefficient (Wildman–Crippen LogP) is 4.29. The topological polar surface area (TPSA) is 77.8 Å². The van der Waals surface area contributed by atoms with Crippen molar-refractivity contribution in [3.05, 3.63) is 24.3 Å². The molecular weight excluding hydrogens is 352 g/mol. The third-order valence-electron chi connectivity index (χ3n) is 5.87. The molecule has 0 radical (unpaired) electrons. The van der Waals surface area contributed by atoms with Gasteiger partial charge in [-0.05, 0) is 50.4 Å². The van der Waals surface area contributed by atoms with Crippen LogP contribution in [0.15, 0.2) is 24.3 Å². The number of hydrogen-bond donors (Lipinski definition) is 3. The lowest BCUT2D eigenvalue weighted by Gasteiger charge is -2.25. The first-order chi connectivity index (χ1) is 12.5. The Balaban J connectivity index is 1.84. The lowest BCUT2D eigenvalue weighted by atomic mass is 9.84. The zero-order valence-electron chi connectivity index (χ0n) is 15.5. The average Bonchev–Trinajstić information content (AvgIpc) is 2.89. The summed E-state index contributed by atoms with van der Waals surface area (Å²) in [6.45, 7) is 0. The van der Waals surface area contributed by atoms with Crippen molar-refractivity contribution in [1.82, 2.24) is 0 Å². The lowest BCUT2D eigenvalue weighted by Crippen LogP contribution is -2.23. The van der Waals surface area contributed by atoms with Crippen molar-refractivity contribution >= 4 is 17.6 Å². The molecule has 0 aromatic heterocycles. The third kappa shape index (κ3) is 6.71. The number of carbonyl (C=O) groups is 1. The molecule has 2 fully saturated rings. The quantitative estimate of drug-likeness (QED) is 0.315. The summed E-state index contributed by atoms with van der Waals surface area (Å²) in [6, 6.07) is 0. The Kier molecular flexibility index (Phi) is 9.17. The average molecular weight is 385 g/mol. The number of alkyl halides is 1. The van der Waals surface area contributed by atoms with Crippen LogP contribution in [0.25, 0.3) is 0 Å². The number of hydrogen-bond acceptors (Lipinski definition) is 3. The fraction of sp³-hybridized carbons (Fsp3) is 0.762. The Bertz CT molecular complexity index is 484. The number of aliphatic hydroxyl groups is 2. The van der Waals surface area contributed by atoms with E-state index in [1.807, 2.05) is 18.2 Å². The van der Waals surface area contributed by atoms with Crippen molar-refractivity contribution in [2.24, 2.45) is 17.8 Å². The molecular formula is C21H33ClO4. The molecule has 2 aliphatic rings. The summed E-state index contributed by atoms with van der Waals surface area (Å²) in [5.41, 5.74) is 0. The van der Waals surface area contributed by atoms with Crippen LogP contribution in [0.5, 0.6) is 0 Å². The van der Waals surface area contributed by atoms with Crippen LogP contribution in [0.2, 0.25) is 0 Å². The van der Waals surface area contributed by atoms with Crippen LogP contribution in [0, 0.1) is 17.8 Å². The van der Waals surface area contributed by atoms with Gasteiger partial charge in [0, 0.05) is 17.7 Å². The molecule has 2 saturated carbocycles. The Hall–Kier alpha value is -0.840. The first-order valence-corrected chi connectivity index (χ1v) is 10.5. The van der Waals surface area contributed by atoms with Crippen LogP contribution < -0.4 is 0 Å². The molecule has 0 aliphatic heterocycles. The second kappa shape index (κ2) is 11.1. The van der Waals surface area contributed by atoms with Crippen molar-refractivity contribution in [2.45, 2.75) is 81.8 Å². The van der Waals surface area contributed by atoms with Gasteiger partial charge in [0.25, 0.3) is 0 Å². The summed E-state index contributed by atoms with van der Waals surface area (Å²) in [6.07, 6.45) is 15.8. The molecule has 148 valence electrons. The monoisotopic (exact) mass is 384 g/mol. The van der Waals surface area contributed by atoms with Crippen LogP contribution in [-0.2, 0) is 4.79 Å². The molecule has 0 heterocycles. The molecule has 3 N–H and O–H groups in total. The number of halogens is 1. The highest BCUT2D eigenvalue weighted by molar-refractivity contribution is 6.21. The Morgan fingerprint density at radius 3 is 2.62 bits per heavy atom. The van der Waals surface area contributed by atoms with Crippen LogP contribution in [0.1, 0.15) is 64.2 Å². The van der Waals surface area contributed by atoms with Crippen LogP contribution in [0.3, 0.4) is 0 Å². The van der Waals surface area contributed by atoms with Gasteiger partial charge in [-0.25, -0.2) is 0 Å². The van der Waals surface area contributed by atoms with Crippen LogP contribution >= 0.6 is 11.6 Å². The van der Waals surface area contributed by atoms with Crippen molar-refractivity contribution in [3.8, 4) is 0 Å². The van der Waals surface area contributed by atoms with E-state index in [0.717, 1.165) is 25.7 Å². The molecule has 4 nitrogen and oxygen atoms in total. The van der Waals surface area contributed by atoms with Gasteiger partial charge in [-0.2, -0.15) is 0 Å². The van der Waals surface area contributed by atoms with E-state index in [1.165, 1.54) is 19.3 Å². The highest BCUT2D eigenvalue weighted by atomic mass is 35.5. The van der Waals surface area contributed by atoms with Gasteiger partial charge in [0.2, 0.25) is 0 Å². The molecule has 2 rings (SSSR count). The minimum absolute atomic E-state index is 0.0283. The van der Waals surface area contributed by atoms with Crippen LogP contribution in [-0.4, -0.2) is 38.9 Å². The summed E-state index contributed by atoms with van der Waals surface area (Å²) >= 11 is 6.45. The number of carboxylic acids is 1. The molecule has 0 aromatic carbocycles. The zero-order valence-corrected chi connectivity index (χ0v) is 16.2. The molecule has 0 saturated heterocycles. The van der Waals surface area contributed by atoms with Gasteiger partial charge in [0.15, 0.2) is 0 Å². The minimum atomic E-state index is -0.764. The summed E-state index contributed by atoms with van der Waals surface area (Å²) in [7, 11) is 0. The molecule has 0 spiro atoms. The molecule has 0 aromatic rings. The summed E-state index contributed by atoms with van der Waals surface area (Å²) in [5.74, 6) is -0.297. The van der Waals surface area contributed by atoms with E-state index in [4.69, 9.17) is 16.7 Å². The summed E-state index contributed by atoms with van der Waals surface area (Å²) in [5, 5.41) is 29.3. The molecule has 2 aliphatic carbocycles. The third-order valence-corrected chi connectivity index (χ3v) is 6.37. The van der Waals surface area contributed by atoms with E-state index >= 15 is 0 Å². The number of rotatable bonds is 9. The largest absolute Gasteiger partial charge is 0.481 e. The fourth-order valence-corrected chi connectivity index (χ4v) is 4.74. The van der Waals surface area contributed by atoms with Crippen molar-refractivity contribution in [2.75, 3.05) is 0 Å². The first-order valence-electron chi connectivity index (χ1n) is 10.0. The molecule has 0 amide bonds. The van der Waals surface area contributed by atoms with Crippen molar-refractivity contribution in [3.63, 3.8) is 0 Å². The van der Waals surface area contributed by atoms with E-state index in [2.05, 4.69) is 6.08 Å². The maximum absolute atomic E-state index is 10.5. The number of carboxylic acid groups (broad SMARTS) is 1. The van der Waals surface area contributed by atoms with Crippen LogP contribution in [0.4, 0.5) is 0 Å². The standard InChI is InChI=1S/C21H33ClO4/c22-18-14-20(24)17(12-13-19(23)15-8-4-3-5-9-15)16(18)10-6-1-2-7-11-21(25)26/h1,6,12-13,15-20,23-24H,2-5,7-11,14H2,(H,25,26)/b6-1-,13-12+/t16?,17-,18-,19-,20-/m1/s1. The second-order valence-corrected chi connectivity index (χ2v) is 8.39. The number of aliphatic hydroxyl groups excluding tert-OH is 2. The van der Waals surface area contributed by atoms with E-state index in [0.29, 0.717) is 18.8 Å². The van der Waals surface area contributed by atoms with E-state index < -0.39 is 18.2 Å². The van der Waals surface area contributed by atoms with Gasteiger partial charge in [0.1, 0.15) is 0 Å². The van der Waals surface area contributed by atoms with Crippen molar-refractivity contribution in [1.29, 1.82) is 0 Å².